The van der Waals surface area contributed by atoms with Crippen molar-refractivity contribution in [1.29, 1.82) is 0 Å². The number of carboxylic acids is 1. The fourth-order valence-electron chi connectivity index (χ4n) is 0.326. The standard InChI is InChI=1S/C4H3NO3.Li.H/c6-4(7)3-1-2-5-8-3;;/h1-2H,(H,6,7);;/q;+1;-1. The molecule has 1 aromatic rings. The maximum absolute atomic E-state index is 9.93. The van der Waals surface area contributed by atoms with Crippen LogP contribution in [0.2, 0.25) is 0 Å². The zero-order valence-corrected chi connectivity index (χ0v) is 4.87. The molecule has 44 valence electrons. The maximum atomic E-state index is 9.93. The van der Waals surface area contributed by atoms with E-state index in [4.69, 9.17) is 5.11 Å². The Hall–Kier alpha value is -0.723. The van der Waals surface area contributed by atoms with Crippen molar-refractivity contribution in [1.82, 2.24) is 5.16 Å². The van der Waals surface area contributed by atoms with Crippen LogP contribution in [0.1, 0.15) is 12.0 Å². The van der Waals surface area contributed by atoms with Crippen LogP contribution in [0.25, 0.3) is 0 Å². The maximum Gasteiger partial charge on any atom is 1.00 e. The topological polar surface area (TPSA) is 63.3 Å². The number of nitrogens with zero attached hydrogens (tertiary/aromatic N) is 1. The minimum Gasteiger partial charge on any atom is -1.00 e. The van der Waals surface area contributed by atoms with Gasteiger partial charge in [-0.1, -0.05) is 5.16 Å². The molecule has 0 spiro atoms. The smallest absolute Gasteiger partial charge is 1.00 e. The van der Waals surface area contributed by atoms with E-state index in [1.165, 1.54) is 12.3 Å². The monoisotopic (exact) mass is 121 g/mol. The molecule has 0 aliphatic carbocycles. The van der Waals surface area contributed by atoms with Gasteiger partial charge in [-0.25, -0.2) is 4.79 Å². The Morgan fingerprint density at radius 2 is 2.56 bits per heavy atom. The molecular weight excluding hydrogens is 117 g/mol. The molecule has 1 N–H and O–H groups in total. The van der Waals surface area contributed by atoms with Crippen molar-refractivity contribution in [2.75, 3.05) is 0 Å². The first-order chi connectivity index (χ1) is 3.80. The summed E-state index contributed by atoms with van der Waals surface area (Å²) in [7, 11) is 0. The van der Waals surface area contributed by atoms with E-state index < -0.39 is 5.97 Å². The van der Waals surface area contributed by atoms with Gasteiger partial charge in [-0.2, -0.15) is 0 Å². The Bertz CT molecular complexity index is 188. The molecule has 0 fully saturated rings. The van der Waals surface area contributed by atoms with Crippen molar-refractivity contribution >= 4 is 5.97 Å². The fourth-order valence-corrected chi connectivity index (χ4v) is 0.326. The Kier molecular flexibility index (Phi) is 3.06. The van der Waals surface area contributed by atoms with Crippen LogP contribution in [-0.4, -0.2) is 16.2 Å². The molecule has 0 atom stereocenters. The summed E-state index contributed by atoms with van der Waals surface area (Å²) in [4.78, 5) is 9.93. The van der Waals surface area contributed by atoms with E-state index >= 15 is 0 Å². The number of aromatic carboxylic acids is 1. The summed E-state index contributed by atoms with van der Waals surface area (Å²) in [5, 5.41) is 11.3. The molecule has 1 aromatic heterocycles. The third kappa shape index (κ3) is 1.92. The number of hydrogen-bond acceptors (Lipinski definition) is 3. The van der Waals surface area contributed by atoms with E-state index in [-0.39, 0.29) is 26.0 Å². The second kappa shape index (κ2) is 3.33. The van der Waals surface area contributed by atoms with Crippen molar-refractivity contribution in [2.45, 2.75) is 0 Å². The molecule has 0 aliphatic heterocycles. The molecular formula is C4H4LiNO3. The summed E-state index contributed by atoms with van der Waals surface area (Å²) in [5.41, 5.74) is 0. The summed E-state index contributed by atoms with van der Waals surface area (Å²) in [5.74, 6) is -1.23. The van der Waals surface area contributed by atoms with Crippen LogP contribution >= 0.6 is 0 Å². The third-order valence-corrected chi connectivity index (χ3v) is 0.649. The Labute approximate surface area is 64.5 Å². The average Bonchev–Trinajstić information content (AvgIpc) is 2.12. The number of carbonyl (C=O) groups is 1. The molecule has 5 heteroatoms. The summed E-state index contributed by atoms with van der Waals surface area (Å²) in [6.45, 7) is 0. The molecule has 0 saturated carbocycles. The average molecular weight is 121 g/mol. The Morgan fingerprint density at radius 1 is 1.89 bits per heavy atom. The van der Waals surface area contributed by atoms with Crippen LogP contribution < -0.4 is 18.9 Å². The molecule has 1 rings (SSSR count). The minimum atomic E-state index is -1.09. The molecule has 0 radical (unpaired) electrons. The molecule has 9 heavy (non-hydrogen) atoms. The van der Waals surface area contributed by atoms with Gasteiger partial charge in [0.05, 0.1) is 6.20 Å². The second-order valence-corrected chi connectivity index (χ2v) is 1.18. The van der Waals surface area contributed by atoms with Crippen molar-refractivity contribution in [2.24, 2.45) is 0 Å². The molecule has 0 aromatic carbocycles. The summed E-state index contributed by atoms with van der Waals surface area (Å²) in [6.07, 6.45) is 1.28. The van der Waals surface area contributed by atoms with Gasteiger partial charge < -0.3 is 11.1 Å². The molecule has 1 heterocycles. The van der Waals surface area contributed by atoms with Crippen LogP contribution in [0.5, 0.6) is 0 Å². The van der Waals surface area contributed by atoms with Gasteiger partial charge in [0.15, 0.2) is 0 Å². The van der Waals surface area contributed by atoms with Crippen molar-refractivity contribution in [3.8, 4) is 0 Å². The fraction of sp³-hybridized carbons (Fsp3) is 0. The van der Waals surface area contributed by atoms with Gasteiger partial charge in [0, 0.05) is 6.07 Å². The van der Waals surface area contributed by atoms with Crippen LogP contribution in [0.3, 0.4) is 0 Å². The van der Waals surface area contributed by atoms with E-state index in [9.17, 15) is 4.79 Å². The molecule has 0 aliphatic rings. The Balaban J connectivity index is 0. The zero-order valence-electron chi connectivity index (χ0n) is 5.87. The predicted molar refractivity (Wildman–Crippen MR) is 24.6 cm³/mol. The van der Waals surface area contributed by atoms with Gasteiger partial charge in [0.25, 0.3) is 0 Å². The molecule has 0 saturated heterocycles. The molecule has 0 unspecified atom stereocenters. The first kappa shape index (κ1) is 8.28. The summed E-state index contributed by atoms with van der Waals surface area (Å²) < 4.78 is 4.25. The van der Waals surface area contributed by atoms with Gasteiger partial charge in [0.1, 0.15) is 0 Å². The third-order valence-electron chi connectivity index (χ3n) is 0.649. The number of rotatable bonds is 1. The van der Waals surface area contributed by atoms with Gasteiger partial charge >= 0.3 is 24.8 Å². The quantitative estimate of drug-likeness (QED) is 0.417. The number of carboxylic acid groups (broad SMARTS) is 1. The van der Waals surface area contributed by atoms with Gasteiger partial charge in [0.2, 0.25) is 5.76 Å². The van der Waals surface area contributed by atoms with Gasteiger partial charge in [-0.15, -0.1) is 0 Å². The van der Waals surface area contributed by atoms with Gasteiger partial charge in [-0.3, -0.25) is 0 Å². The minimum absolute atomic E-state index is 0. The number of hydrogen-bond donors (Lipinski definition) is 1. The van der Waals surface area contributed by atoms with Crippen LogP contribution in [0, 0.1) is 0 Å². The summed E-state index contributed by atoms with van der Waals surface area (Å²) >= 11 is 0. The largest absolute Gasteiger partial charge is 1.00 e. The first-order valence-corrected chi connectivity index (χ1v) is 1.94. The van der Waals surface area contributed by atoms with Crippen LogP contribution in [-0.2, 0) is 0 Å². The molecule has 4 nitrogen and oxygen atoms in total. The summed E-state index contributed by atoms with van der Waals surface area (Å²) in [6, 6.07) is 1.28. The molecule has 0 amide bonds. The van der Waals surface area contributed by atoms with Crippen LogP contribution in [0.15, 0.2) is 16.8 Å². The zero-order chi connectivity index (χ0) is 5.98. The van der Waals surface area contributed by atoms with E-state index in [1.807, 2.05) is 0 Å². The second-order valence-electron chi connectivity index (χ2n) is 1.18. The van der Waals surface area contributed by atoms with Crippen molar-refractivity contribution in [3.63, 3.8) is 0 Å². The SMILES string of the molecule is O=C(O)c1ccno1.[H-].[Li+]. The van der Waals surface area contributed by atoms with E-state index in [0.29, 0.717) is 0 Å². The van der Waals surface area contributed by atoms with Crippen LogP contribution in [0.4, 0.5) is 0 Å². The van der Waals surface area contributed by atoms with Gasteiger partial charge in [-0.05, 0) is 0 Å². The number of aromatic nitrogens is 1. The first-order valence-electron chi connectivity index (χ1n) is 1.94. The Morgan fingerprint density at radius 3 is 2.78 bits per heavy atom. The van der Waals surface area contributed by atoms with E-state index in [1.54, 1.807) is 0 Å². The van der Waals surface area contributed by atoms with E-state index in [0.717, 1.165) is 0 Å². The van der Waals surface area contributed by atoms with Crippen molar-refractivity contribution in [3.05, 3.63) is 18.0 Å². The van der Waals surface area contributed by atoms with Crippen molar-refractivity contribution < 1.29 is 34.7 Å². The van der Waals surface area contributed by atoms with E-state index in [2.05, 4.69) is 9.68 Å². The molecule has 0 bridgehead atoms. The predicted octanol–water partition coefficient (Wildman–Crippen LogP) is -2.51. The normalized spacial score (nSPS) is 8.00.